The van der Waals surface area contributed by atoms with Gasteiger partial charge in [-0.2, -0.15) is 8.75 Å². The summed E-state index contributed by atoms with van der Waals surface area (Å²) in [7, 11) is 0. The molecule has 0 aliphatic rings. The zero-order chi connectivity index (χ0) is 11.4. The number of carboxylic acids is 1. The monoisotopic (exact) mass is 231 g/mol. The van der Waals surface area contributed by atoms with E-state index in [-0.39, 0.29) is 5.69 Å². The highest BCUT2D eigenvalue weighted by atomic mass is 32.1. The zero-order valence-corrected chi connectivity index (χ0v) is 8.56. The highest BCUT2D eigenvalue weighted by Gasteiger charge is 2.26. The van der Waals surface area contributed by atoms with Crippen LogP contribution in [0.3, 0.4) is 0 Å². The third-order valence-corrected chi connectivity index (χ3v) is 2.11. The third-order valence-electron chi connectivity index (χ3n) is 1.63. The first kappa shape index (κ1) is 11.5. The normalized spacial score (nSPS) is 14.3. The molecule has 82 valence electrons. The molecule has 15 heavy (non-hydrogen) atoms. The second kappa shape index (κ2) is 4.80. The topological polar surface area (TPSA) is 112 Å². The highest BCUT2D eigenvalue weighted by Crippen LogP contribution is 1.98. The molecule has 1 amide bonds. The first-order valence-corrected chi connectivity index (χ1v) is 4.74. The van der Waals surface area contributed by atoms with Crippen LogP contribution in [-0.4, -0.2) is 43.0 Å². The zero-order valence-electron chi connectivity index (χ0n) is 7.75. The summed E-state index contributed by atoms with van der Waals surface area (Å²) in [6.07, 6.45) is 0.0408. The average Bonchev–Trinajstić information content (AvgIpc) is 2.65. The molecule has 7 nitrogen and oxygen atoms in total. The lowest BCUT2D eigenvalue weighted by atomic mass is 10.2. The van der Waals surface area contributed by atoms with Gasteiger partial charge in [0.2, 0.25) is 0 Å². The van der Waals surface area contributed by atoms with Gasteiger partial charge in [0.15, 0.2) is 11.7 Å². The fraction of sp³-hybridized carbons (Fsp3) is 0.429. The first-order chi connectivity index (χ1) is 7.02. The summed E-state index contributed by atoms with van der Waals surface area (Å²) in [5, 5.41) is 19.9. The number of carboxylic acid groups (broad SMARTS) is 1. The predicted molar refractivity (Wildman–Crippen MR) is 50.5 cm³/mol. The average molecular weight is 231 g/mol. The maximum absolute atomic E-state index is 11.3. The summed E-state index contributed by atoms with van der Waals surface area (Å²) in [5.74, 6) is -1.97. The van der Waals surface area contributed by atoms with E-state index in [9.17, 15) is 9.59 Å². The minimum absolute atomic E-state index is 0.0342. The smallest absolute Gasteiger partial charge is 0.328 e. The molecule has 0 saturated heterocycles. The summed E-state index contributed by atoms with van der Waals surface area (Å²) in [6, 6.07) is -1.35. The van der Waals surface area contributed by atoms with Gasteiger partial charge in [0, 0.05) is 0 Å². The van der Waals surface area contributed by atoms with Crippen molar-refractivity contribution in [2.45, 2.75) is 19.1 Å². The van der Waals surface area contributed by atoms with Gasteiger partial charge in [0.25, 0.3) is 5.91 Å². The molecule has 8 heteroatoms. The second-order valence-corrected chi connectivity index (χ2v) is 3.38. The Hall–Kier alpha value is -1.54. The molecule has 0 spiro atoms. The summed E-state index contributed by atoms with van der Waals surface area (Å²) >= 11 is 0.841. The Balaban J connectivity index is 2.67. The number of aliphatic hydroxyl groups excluding tert-OH is 1. The number of rotatable bonds is 4. The van der Waals surface area contributed by atoms with Gasteiger partial charge in [-0.3, -0.25) is 4.79 Å². The summed E-state index contributed by atoms with van der Waals surface area (Å²) < 4.78 is 7.23. The third kappa shape index (κ3) is 2.96. The van der Waals surface area contributed by atoms with Crippen molar-refractivity contribution in [3.63, 3.8) is 0 Å². The molecule has 0 fully saturated rings. The molecular weight excluding hydrogens is 222 g/mol. The maximum Gasteiger partial charge on any atom is 0.328 e. The molecule has 1 rings (SSSR count). The lowest BCUT2D eigenvalue weighted by molar-refractivity contribution is -0.141. The van der Waals surface area contributed by atoms with Crippen molar-refractivity contribution in [1.82, 2.24) is 14.1 Å². The van der Waals surface area contributed by atoms with Crippen molar-refractivity contribution >= 4 is 23.6 Å². The Morgan fingerprint density at radius 1 is 1.60 bits per heavy atom. The number of aliphatic carboxylic acids is 1. The molecule has 0 saturated carbocycles. The Labute approximate surface area is 89.1 Å². The minimum atomic E-state index is -1.35. The van der Waals surface area contributed by atoms with Gasteiger partial charge in [0.05, 0.1) is 24.0 Å². The fourth-order valence-corrected chi connectivity index (χ4v) is 1.28. The van der Waals surface area contributed by atoms with Gasteiger partial charge in [0.1, 0.15) is 0 Å². The summed E-state index contributed by atoms with van der Waals surface area (Å²) in [5.41, 5.74) is 0.0342. The number of aliphatic hydroxyl groups is 1. The molecule has 0 aliphatic carbocycles. The predicted octanol–water partition coefficient (Wildman–Crippen LogP) is -0.898. The molecule has 0 aliphatic heterocycles. The maximum atomic E-state index is 11.3. The van der Waals surface area contributed by atoms with E-state index in [4.69, 9.17) is 10.2 Å². The van der Waals surface area contributed by atoms with Crippen LogP contribution < -0.4 is 5.32 Å². The number of carbonyl (C=O) groups excluding carboxylic acids is 1. The largest absolute Gasteiger partial charge is 0.480 e. The van der Waals surface area contributed by atoms with Gasteiger partial charge >= 0.3 is 5.97 Å². The molecule has 1 aromatic heterocycles. The quantitative estimate of drug-likeness (QED) is 0.619. The van der Waals surface area contributed by atoms with Crippen LogP contribution >= 0.6 is 11.7 Å². The Kier molecular flexibility index (Phi) is 3.69. The standard InChI is InChI=1S/C7H9N3O4S/c1-3(11)5(7(13)14)9-6(12)4-2-8-15-10-4/h2-3,5,11H,1H3,(H,9,12)(H,13,14). The molecule has 2 unspecified atom stereocenters. The van der Waals surface area contributed by atoms with Crippen molar-refractivity contribution in [3.05, 3.63) is 11.9 Å². The van der Waals surface area contributed by atoms with Crippen LogP contribution in [0.25, 0.3) is 0 Å². The van der Waals surface area contributed by atoms with Crippen LogP contribution in [0.4, 0.5) is 0 Å². The Morgan fingerprint density at radius 3 is 2.67 bits per heavy atom. The molecule has 3 N–H and O–H groups in total. The van der Waals surface area contributed by atoms with E-state index in [1.54, 1.807) is 0 Å². The second-order valence-electron chi connectivity index (χ2n) is 2.82. The number of hydrogen-bond donors (Lipinski definition) is 3. The molecule has 0 bridgehead atoms. The minimum Gasteiger partial charge on any atom is -0.480 e. The van der Waals surface area contributed by atoms with Gasteiger partial charge in [-0.1, -0.05) is 0 Å². The summed E-state index contributed by atoms with van der Waals surface area (Å²) in [6.45, 7) is 1.28. The number of nitrogens with one attached hydrogen (secondary N) is 1. The van der Waals surface area contributed by atoms with Crippen LogP contribution in [0.1, 0.15) is 17.4 Å². The van der Waals surface area contributed by atoms with Gasteiger partial charge in [-0.05, 0) is 6.92 Å². The molecule has 2 atom stereocenters. The van der Waals surface area contributed by atoms with E-state index in [2.05, 4.69) is 14.1 Å². The van der Waals surface area contributed by atoms with E-state index < -0.39 is 24.0 Å². The van der Waals surface area contributed by atoms with Crippen molar-refractivity contribution in [1.29, 1.82) is 0 Å². The fourth-order valence-electron chi connectivity index (χ4n) is 0.869. The van der Waals surface area contributed by atoms with Crippen molar-refractivity contribution in [3.8, 4) is 0 Å². The van der Waals surface area contributed by atoms with E-state index in [1.807, 2.05) is 0 Å². The van der Waals surface area contributed by atoms with E-state index >= 15 is 0 Å². The summed E-state index contributed by atoms with van der Waals surface area (Å²) in [4.78, 5) is 22.0. The molecule has 0 aromatic carbocycles. The Morgan fingerprint density at radius 2 is 2.27 bits per heavy atom. The highest BCUT2D eigenvalue weighted by molar-refractivity contribution is 6.99. The lowest BCUT2D eigenvalue weighted by Gasteiger charge is -2.15. The number of amides is 1. The molecule has 1 heterocycles. The molecular formula is C7H9N3O4S. The lowest BCUT2D eigenvalue weighted by Crippen LogP contribution is -2.47. The molecule has 0 radical (unpaired) electrons. The van der Waals surface area contributed by atoms with Gasteiger partial charge in [-0.25, -0.2) is 4.79 Å². The Bertz CT molecular complexity index is 351. The van der Waals surface area contributed by atoms with Crippen molar-refractivity contribution in [2.75, 3.05) is 0 Å². The van der Waals surface area contributed by atoms with Gasteiger partial charge in [-0.15, -0.1) is 0 Å². The van der Waals surface area contributed by atoms with E-state index in [1.165, 1.54) is 13.1 Å². The van der Waals surface area contributed by atoms with Crippen molar-refractivity contribution in [2.24, 2.45) is 0 Å². The number of hydrogen-bond acceptors (Lipinski definition) is 6. The van der Waals surface area contributed by atoms with Crippen LogP contribution in [0.5, 0.6) is 0 Å². The molecule has 1 aromatic rings. The van der Waals surface area contributed by atoms with E-state index in [0.717, 1.165) is 11.7 Å². The number of nitrogens with zero attached hydrogens (tertiary/aromatic N) is 2. The SMILES string of the molecule is CC(O)C(NC(=O)c1cnsn1)C(=O)O. The van der Waals surface area contributed by atoms with E-state index in [0.29, 0.717) is 0 Å². The van der Waals surface area contributed by atoms with Gasteiger partial charge < -0.3 is 15.5 Å². The van der Waals surface area contributed by atoms with Crippen LogP contribution in [0.15, 0.2) is 6.20 Å². The first-order valence-electron chi connectivity index (χ1n) is 4.01. The van der Waals surface area contributed by atoms with Crippen molar-refractivity contribution < 1.29 is 19.8 Å². The van der Waals surface area contributed by atoms with Crippen LogP contribution in [0.2, 0.25) is 0 Å². The number of carbonyl (C=O) groups is 2. The number of aromatic nitrogens is 2. The van der Waals surface area contributed by atoms with Crippen LogP contribution in [-0.2, 0) is 4.79 Å². The van der Waals surface area contributed by atoms with Crippen LogP contribution in [0, 0.1) is 0 Å².